The highest BCUT2D eigenvalue weighted by Gasteiger charge is 2.22. The van der Waals surface area contributed by atoms with E-state index in [1.54, 1.807) is 11.3 Å². The smallest absolute Gasteiger partial charge is 0.150 e. The summed E-state index contributed by atoms with van der Waals surface area (Å²) in [5.41, 5.74) is 2.35. The Morgan fingerprint density at radius 3 is 3.12 bits per heavy atom. The van der Waals surface area contributed by atoms with E-state index in [2.05, 4.69) is 45.7 Å². The van der Waals surface area contributed by atoms with Crippen molar-refractivity contribution in [2.75, 3.05) is 11.9 Å². The Balaban J connectivity index is 1.90. The van der Waals surface area contributed by atoms with Gasteiger partial charge < -0.3 is 10.1 Å². The van der Waals surface area contributed by atoms with Crippen LogP contribution in [0.25, 0.3) is 0 Å². The van der Waals surface area contributed by atoms with Gasteiger partial charge in [0.25, 0.3) is 0 Å². The first-order chi connectivity index (χ1) is 8.24. The number of para-hydroxylation sites is 1. The van der Waals surface area contributed by atoms with Crippen molar-refractivity contribution in [3.05, 3.63) is 44.6 Å². The molecule has 4 heteroatoms. The second kappa shape index (κ2) is 4.35. The number of rotatable bonds is 1. The minimum absolute atomic E-state index is 0.112. The first-order valence-corrected chi connectivity index (χ1v) is 7.15. The van der Waals surface area contributed by atoms with Gasteiger partial charge in [-0.2, -0.15) is 0 Å². The highest BCUT2D eigenvalue weighted by atomic mass is 79.9. The topological polar surface area (TPSA) is 21.3 Å². The summed E-state index contributed by atoms with van der Waals surface area (Å²) in [6, 6.07) is 8.27. The van der Waals surface area contributed by atoms with Crippen LogP contribution >= 0.6 is 27.3 Å². The summed E-state index contributed by atoms with van der Waals surface area (Å²) in [4.78, 5) is 1.25. The highest BCUT2D eigenvalue weighted by molar-refractivity contribution is 9.10. The van der Waals surface area contributed by atoms with Crippen molar-refractivity contribution in [2.24, 2.45) is 0 Å². The number of anilines is 1. The lowest BCUT2D eigenvalue weighted by Gasteiger charge is -2.27. The van der Waals surface area contributed by atoms with Crippen LogP contribution < -0.4 is 10.1 Å². The molecule has 0 aliphatic carbocycles. The van der Waals surface area contributed by atoms with Gasteiger partial charge >= 0.3 is 0 Å². The zero-order valence-electron chi connectivity index (χ0n) is 9.37. The molecule has 2 nitrogen and oxygen atoms in total. The van der Waals surface area contributed by atoms with Crippen molar-refractivity contribution in [3.8, 4) is 5.75 Å². The van der Waals surface area contributed by atoms with E-state index in [4.69, 9.17) is 4.74 Å². The van der Waals surface area contributed by atoms with Gasteiger partial charge in [-0.15, -0.1) is 11.3 Å². The summed E-state index contributed by atoms with van der Waals surface area (Å²) >= 11 is 5.20. The lowest BCUT2D eigenvalue weighted by atomic mass is 10.1. The van der Waals surface area contributed by atoms with Crippen LogP contribution in [0.3, 0.4) is 0 Å². The number of fused-ring (bicyclic) bond motifs is 1. The van der Waals surface area contributed by atoms with Crippen LogP contribution in [-0.2, 0) is 0 Å². The molecule has 0 fully saturated rings. The molecule has 2 aromatic rings. The third kappa shape index (κ3) is 2.07. The number of benzene rings is 1. The maximum Gasteiger partial charge on any atom is 0.150 e. The summed E-state index contributed by atoms with van der Waals surface area (Å²) in [5, 5.41) is 5.54. The fourth-order valence-electron chi connectivity index (χ4n) is 2.01. The van der Waals surface area contributed by atoms with Gasteiger partial charge in [-0.1, -0.05) is 12.1 Å². The van der Waals surface area contributed by atoms with E-state index < -0.39 is 0 Å². The van der Waals surface area contributed by atoms with Gasteiger partial charge in [0.2, 0.25) is 0 Å². The van der Waals surface area contributed by atoms with Crippen LogP contribution in [0, 0.1) is 6.92 Å². The summed E-state index contributed by atoms with van der Waals surface area (Å²) in [5.74, 6) is 0.950. The fraction of sp³-hybridized carbons (Fsp3) is 0.231. The van der Waals surface area contributed by atoms with Gasteiger partial charge in [-0.3, -0.25) is 0 Å². The number of nitrogens with one attached hydrogen (secondary N) is 1. The van der Waals surface area contributed by atoms with E-state index in [0.717, 1.165) is 22.5 Å². The SMILES string of the molecule is Cc1cccc2c1NCC(c1cc(Br)cs1)O2. The summed E-state index contributed by atoms with van der Waals surface area (Å²) in [6.07, 6.45) is 0.112. The molecule has 0 spiro atoms. The van der Waals surface area contributed by atoms with Crippen molar-refractivity contribution in [3.63, 3.8) is 0 Å². The first kappa shape index (κ1) is 11.1. The zero-order chi connectivity index (χ0) is 11.8. The molecule has 0 saturated heterocycles. The largest absolute Gasteiger partial charge is 0.481 e. The molecule has 2 heterocycles. The summed E-state index contributed by atoms with van der Waals surface area (Å²) in [6.45, 7) is 2.92. The van der Waals surface area contributed by atoms with Crippen LogP contribution in [0.15, 0.2) is 34.1 Å². The van der Waals surface area contributed by atoms with Gasteiger partial charge in [0, 0.05) is 14.7 Å². The quantitative estimate of drug-likeness (QED) is 0.845. The molecule has 1 aromatic carbocycles. The second-order valence-corrected chi connectivity index (χ2v) is 5.96. The molecule has 1 N–H and O–H groups in total. The number of thiophene rings is 1. The molecule has 1 aromatic heterocycles. The molecule has 1 aliphatic heterocycles. The first-order valence-electron chi connectivity index (χ1n) is 5.48. The van der Waals surface area contributed by atoms with Gasteiger partial charge in [0.05, 0.1) is 12.2 Å². The molecule has 3 rings (SSSR count). The van der Waals surface area contributed by atoms with Crippen LogP contribution in [-0.4, -0.2) is 6.54 Å². The van der Waals surface area contributed by atoms with E-state index in [1.165, 1.54) is 10.4 Å². The third-order valence-corrected chi connectivity index (χ3v) is 4.66. The molecule has 1 atom stereocenters. The van der Waals surface area contributed by atoms with Gasteiger partial charge in [0.15, 0.2) is 6.10 Å². The van der Waals surface area contributed by atoms with E-state index in [1.807, 2.05) is 12.1 Å². The predicted molar refractivity (Wildman–Crippen MR) is 75.1 cm³/mol. The van der Waals surface area contributed by atoms with E-state index in [-0.39, 0.29) is 6.10 Å². The Hall–Kier alpha value is -1.000. The lowest BCUT2D eigenvalue weighted by molar-refractivity contribution is 0.214. The van der Waals surface area contributed by atoms with Gasteiger partial charge in [-0.25, -0.2) is 0 Å². The van der Waals surface area contributed by atoms with Crippen molar-refractivity contribution in [1.82, 2.24) is 0 Å². The van der Waals surface area contributed by atoms with Crippen LogP contribution in [0.1, 0.15) is 16.5 Å². The number of aryl methyl sites for hydroxylation is 1. The molecular formula is C13H12BrNOS. The molecule has 0 amide bonds. The molecule has 0 saturated carbocycles. The van der Waals surface area contributed by atoms with Crippen molar-refractivity contribution in [2.45, 2.75) is 13.0 Å². The van der Waals surface area contributed by atoms with Crippen LogP contribution in [0.4, 0.5) is 5.69 Å². The summed E-state index contributed by atoms with van der Waals surface area (Å²) in [7, 11) is 0. The van der Waals surface area contributed by atoms with Crippen molar-refractivity contribution in [1.29, 1.82) is 0 Å². The molecule has 1 aliphatic rings. The van der Waals surface area contributed by atoms with Gasteiger partial charge in [-0.05, 0) is 40.5 Å². The Morgan fingerprint density at radius 1 is 1.47 bits per heavy atom. The average molecular weight is 310 g/mol. The standard InChI is InChI=1S/C13H12BrNOS/c1-8-3-2-4-10-13(8)15-6-11(16-10)12-5-9(14)7-17-12/h2-5,7,11,15H,6H2,1H3. The third-order valence-electron chi connectivity index (χ3n) is 2.87. The average Bonchev–Trinajstić information content (AvgIpc) is 2.76. The minimum Gasteiger partial charge on any atom is -0.481 e. The van der Waals surface area contributed by atoms with Gasteiger partial charge in [0.1, 0.15) is 5.75 Å². The Bertz CT molecular complexity index is 552. The molecule has 0 radical (unpaired) electrons. The molecule has 88 valence electrons. The van der Waals surface area contributed by atoms with Crippen molar-refractivity contribution >= 4 is 33.0 Å². The Labute approximate surface area is 113 Å². The van der Waals surface area contributed by atoms with E-state index in [0.29, 0.717) is 0 Å². The lowest BCUT2D eigenvalue weighted by Crippen LogP contribution is -2.23. The number of hydrogen-bond donors (Lipinski definition) is 1. The van der Waals surface area contributed by atoms with Crippen molar-refractivity contribution < 1.29 is 4.74 Å². The predicted octanol–water partition coefficient (Wildman–Crippen LogP) is 4.36. The summed E-state index contributed by atoms with van der Waals surface area (Å²) < 4.78 is 7.16. The molecular weight excluding hydrogens is 298 g/mol. The maximum absolute atomic E-state index is 6.04. The zero-order valence-corrected chi connectivity index (χ0v) is 11.8. The monoisotopic (exact) mass is 309 g/mol. The Morgan fingerprint density at radius 2 is 2.35 bits per heavy atom. The van der Waals surface area contributed by atoms with Crippen LogP contribution in [0.5, 0.6) is 5.75 Å². The molecule has 0 bridgehead atoms. The minimum atomic E-state index is 0.112. The second-order valence-electron chi connectivity index (χ2n) is 4.10. The highest BCUT2D eigenvalue weighted by Crippen LogP contribution is 2.38. The normalized spacial score (nSPS) is 18.1. The fourth-order valence-corrected chi connectivity index (χ4v) is 3.48. The molecule has 1 unspecified atom stereocenters. The maximum atomic E-state index is 6.04. The molecule has 17 heavy (non-hydrogen) atoms. The Kier molecular flexibility index (Phi) is 2.84. The number of ether oxygens (including phenoxy) is 1. The number of hydrogen-bond acceptors (Lipinski definition) is 3. The van der Waals surface area contributed by atoms with Crippen LogP contribution in [0.2, 0.25) is 0 Å². The number of halogens is 1. The van der Waals surface area contributed by atoms with E-state index >= 15 is 0 Å². The van der Waals surface area contributed by atoms with E-state index in [9.17, 15) is 0 Å².